The normalized spacial score (nSPS) is 29.3. The quantitative estimate of drug-likeness (QED) is 0.522. The van der Waals surface area contributed by atoms with Gasteiger partial charge in [-0.1, -0.05) is 0 Å². The second-order valence-corrected chi connectivity index (χ2v) is 3.78. The summed E-state index contributed by atoms with van der Waals surface area (Å²) in [6.07, 6.45) is 1.09. The molecule has 1 rings (SSSR count). The summed E-state index contributed by atoms with van der Waals surface area (Å²) in [5, 5.41) is 20.9. The van der Waals surface area contributed by atoms with Gasteiger partial charge in [0, 0.05) is 0 Å². The fourth-order valence-corrected chi connectivity index (χ4v) is 0.996. The fraction of sp³-hybridized carbons (Fsp3) is 0.875. The molecule has 1 saturated carbocycles. The van der Waals surface area contributed by atoms with E-state index in [1.807, 2.05) is 0 Å². The van der Waals surface area contributed by atoms with Crippen LogP contribution in [0.25, 0.3) is 0 Å². The summed E-state index contributed by atoms with van der Waals surface area (Å²) in [6, 6.07) is -0.163. The predicted molar refractivity (Wildman–Crippen MR) is 43.5 cm³/mol. The van der Waals surface area contributed by atoms with E-state index in [0.29, 0.717) is 0 Å². The molecule has 0 radical (unpaired) electrons. The van der Waals surface area contributed by atoms with Crippen LogP contribution in [0, 0.1) is 0 Å². The summed E-state index contributed by atoms with van der Waals surface area (Å²) >= 11 is 0. The van der Waals surface area contributed by atoms with Crippen molar-refractivity contribution >= 4 is 5.91 Å². The Hall–Kier alpha value is -0.610. The molecule has 0 bridgehead atoms. The van der Waals surface area contributed by atoms with Crippen LogP contribution in [0.2, 0.25) is 0 Å². The molecule has 0 aromatic carbocycles. The molecule has 1 aliphatic carbocycles. The van der Waals surface area contributed by atoms with Gasteiger partial charge >= 0.3 is 0 Å². The van der Waals surface area contributed by atoms with Crippen molar-refractivity contribution in [2.75, 3.05) is 0 Å². The average Bonchev–Trinajstić information content (AvgIpc) is 1.95. The molecular weight excluding hydrogens is 158 g/mol. The topological polar surface area (TPSA) is 69.6 Å². The van der Waals surface area contributed by atoms with E-state index in [2.05, 4.69) is 5.32 Å². The van der Waals surface area contributed by atoms with E-state index in [4.69, 9.17) is 5.11 Å². The highest BCUT2D eigenvalue weighted by Crippen LogP contribution is 2.20. The van der Waals surface area contributed by atoms with Gasteiger partial charge in [0.25, 0.3) is 5.91 Å². The van der Waals surface area contributed by atoms with Crippen LogP contribution in [0.4, 0.5) is 0 Å². The van der Waals surface area contributed by atoms with E-state index < -0.39 is 17.6 Å². The molecule has 12 heavy (non-hydrogen) atoms. The molecule has 4 nitrogen and oxygen atoms in total. The maximum absolute atomic E-state index is 11.1. The second kappa shape index (κ2) is 3.03. The minimum Gasteiger partial charge on any atom is -0.391 e. The van der Waals surface area contributed by atoms with Crippen LogP contribution >= 0.6 is 0 Å². The Morgan fingerprint density at radius 3 is 2.33 bits per heavy atom. The SMILES string of the molecule is CC(C)(O)C(=O)N[C@@H]1CC[C@H]1O. The molecule has 0 aromatic heterocycles. The first-order valence-electron chi connectivity index (χ1n) is 4.12. The number of carbonyl (C=O) groups is 1. The van der Waals surface area contributed by atoms with Crippen LogP contribution in [-0.2, 0) is 4.79 Å². The first-order valence-corrected chi connectivity index (χ1v) is 4.12. The molecule has 70 valence electrons. The largest absolute Gasteiger partial charge is 0.391 e. The number of carbonyl (C=O) groups excluding carboxylic acids is 1. The van der Waals surface area contributed by atoms with Crippen LogP contribution in [0.5, 0.6) is 0 Å². The summed E-state index contributed by atoms with van der Waals surface area (Å²) < 4.78 is 0. The molecule has 1 aliphatic rings. The highest BCUT2D eigenvalue weighted by atomic mass is 16.3. The number of hydrogen-bond acceptors (Lipinski definition) is 3. The number of aliphatic hydroxyl groups is 2. The summed E-state index contributed by atoms with van der Waals surface area (Å²) in [4.78, 5) is 11.1. The Morgan fingerprint density at radius 2 is 2.08 bits per heavy atom. The van der Waals surface area contributed by atoms with Crippen molar-refractivity contribution in [2.45, 2.75) is 44.4 Å². The van der Waals surface area contributed by atoms with Crippen molar-refractivity contribution in [1.29, 1.82) is 0 Å². The van der Waals surface area contributed by atoms with Gasteiger partial charge in [0.1, 0.15) is 5.60 Å². The predicted octanol–water partition coefficient (Wildman–Crippen LogP) is -0.603. The third-order valence-corrected chi connectivity index (χ3v) is 2.11. The van der Waals surface area contributed by atoms with E-state index in [0.717, 1.165) is 12.8 Å². The Kier molecular flexibility index (Phi) is 2.39. The van der Waals surface area contributed by atoms with Crippen molar-refractivity contribution < 1.29 is 15.0 Å². The van der Waals surface area contributed by atoms with Crippen molar-refractivity contribution in [3.63, 3.8) is 0 Å². The van der Waals surface area contributed by atoms with Gasteiger partial charge in [-0.25, -0.2) is 0 Å². The van der Waals surface area contributed by atoms with E-state index in [1.165, 1.54) is 13.8 Å². The van der Waals surface area contributed by atoms with Gasteiger partial charge in [-0.05, 0) is 26.7 Å². The monoisotopic (exact) mass is 173 g/mol. The standard InChI is InChI=1S/C8H15NO3/c1-8(2,12)7(11)9-5-3-4-6(5)10/h5-6,10,12H,3-4H2,1-2H3,(H,9,11)/t5-,6-/m1/s1. The summed E-state index contributed by atoms with van der Waals surface area (Å²) in [7, 11) is 0. The van der Waals surface area contributed by atoms with E-state index in [9.17, 15) is 9.90 Å². The van der Waals surface area contributed by atoms with Gasteiger partial charge < -0.3 is 15.5 Å². The molecule has 0 saturated heterocycles. The van der Waals surface area contributed by atoms with Crippen LogP contribution < -0.4 is 5.32 Å². The van der Waals surface area contributed by atoms with E-state index >= 15 is 0 Å². The van der Waals surface area contributed by atoms with Gasteiger partial charge in [0.2, 0.25) is 0 Å². The Labute approximate surface area is 71.6 Å². The molecule has 1 fully saturated rings. The summed E-state index contributed by atoms with van der Waals surface area (Å²) in [5.74, 6) is -0.425. The fourth-order valence-electron chi connectivity index (χ4n) is 0.996. The number of hydrogen-bond donors (Lipinski definition) is 3. The number of rotatable bonds is 2. The van der Waals surface area contributed by atoms with Gasteiger partial charge in [0.15, 0.2) is 0 Å². The maximum Gasteiger partial charge on any atom is 0.251 e. The third kappa shape index (κ3) is 1.95. The highest BCUT2D eigenvalue weighted by Gasteiger charge is 2.33. The Morgan fingerprint density at radius 1 is 1.50 bits per heavy atom. The molecule has 4 heteroatoms. The van der Waals surface area contributed by atoms with Crippen molar-refractivity contribution in [1.82, 2.24) is 5.32 Å². The lowest BCUT2D eigenvalue weighted by Crippen LogP contribution is -2.55. The molecule has 1 amide bonds. The average molecular weight is 173 g/mol. The zero-order chi connectivity index (χ0) is 9.35. The number of amides is 1. The van der Waals surface area contributed by atoms with Crippen LogP contribution in [0.3, 0.4) is 0 Å². The molecule has 3 N–H and O–H groups in total. The molecule has 0 heterocycles. The lowest BCUT2D eigenvalue weighted by molar-refractivity contribution is -0.139. The lowest BCUT2D eigenvalue weighted by atomic mass is 9.88. The van der Waals surface area contributed by atoms with Gasteiger partial charge in [0.05, 0.1) is 12.1 Å². The second-order valence-electron chi connectivity index (χ2n) is 3.78. The lowest BCUT2D eigenvalue weighted by Gasteiger charge is -2.34. The van der Waals surface area contributed by atoms with Crippen molar-refractivity contribution in [3.8, 4) is 0 Å². The van der Waals surface area contributed by atoms with Gasteiger partial charge in [-0.3, -0.25) is 4.79 Å². The molecular formula is C8H15NO3. The molecule has 0 aliphatic heterocycles. The summed E-state index contributed by atoms with van der Waals surface area (Å²) in [6.45, 7) is 2.85. The molecule has 0 aromatic rings. The first kappa shape index (κ1) is 9.48. The third-order valence-electron chi connectivity index (χ3n) is 2.11. The van der Waals surface area contributed by atoms with Crippen molar-refractivity contribution in [3.05, 3.63) is 0 Å². The van der Waals surface area contributed by atoms with E-state index in [1.54, 1.807) is 0 Å². The first-order chi connectivity index (χ1) is 5.41. The Bertz CT molecular complexity index is 185. The zero-order valence-corrected chi connectivity index (χ0v) is 7.37. The molecule has 2 atom stereocenters. The summed E-state index contributed by atoms with van der Waals surface area (Å²) in [5.41, 5.74) is -1.35. The highest BCUT2D eigenvalue weighted by molar-refractivity contribution is 5.84. The maximum atomic E-state index is 11.1. The van der Waals surface area contributed by atoms with Crippen molar-refractivity contribution in [2.24, 2.45) is 0 Å². The smallest absolute Gasteiger partial charge is 0.251 e. The molecule has 0 spiro atoms. The minimum absolute atomic E-state index is 0.163. The van der Waals surface area contributed by atoms with Gasteiger partial charge in [-0.2, -0.15) is 0 Å². The zero-order valence-electron chi connectivity index (χ0n) is 7.37. The van der Waals surface area contributed by atoms with Crippen LogP contribution in [0.1, 0.15) is 26.7 Å². The number of nitrogens with one attached hydrogen (secondary N) is 1. The van der Waals surface area contributed by atoms with Crippen LogP contribution in [0.15, 0.2) is 0 Å². The van der Waals surface area contributed by atoms with Crippen LogP contribution in [-0.4, -0.2) is 33.9 Å². The Balaban J connectivity index is 2.36. The van der Waals surface area contributed by atoms with E-state index in [-0.39, 0.29) is 6.04 Å². The van der Waals surface area contributed by atoms with Gasteiger partial charge in [-0.15, -0.1) is 0 Å². The number of aliphatic hydroxyl groups excluding tert-OH is 1. The molecule has 0 unspecified atom stereocenters. The minimum atomic E-state index is -1.35.